The molecule has 12 heavy (non-hydrogen) atoms. The van der Waals surface area contributed by atoms with Crippen molar-refractivity contribution in [2.45, 2.75) is 26.8 Å². The first kappa shape index (κ1) is 9.68. The molecule has 0 saturated carbocycles. The molecule has 0 aromatic carbocycles. The Morgan fingerprint density at radius 2 is 2.00 bits per heavy atom. The van der Waals surface area contributed by atoms with Gasteiger partial charge in [0, 0.05) is 25.0 Å². The molecule has 1 saturated heterocycles. The molecular weight excluding hydrogens is 152 g/mol. The van der Waals surface area contributed by atoms with Crippen molar-refractivity contribution < 1.29 is 4.79 Å². The van der Waals surface area contributed by atoms with Crippen LogP contribution in [0, 0.1) is 5.41 Å². The summed E-state index contributed by atoms with van der Waals surface area (Å²) in [4.78, 5) is 11.7. The Bertz CT molecular complexity index is 166. The van der Waals surface area contributed by atoms with Crippen LogP contribution >= 0.6 is 0 Å². The van der Waals surface area contributed by atoms with E-state index in [4.69, 9.17) is 0 Å². The van der Waals surface area contributed by atoms with Crippen LogP contribution in [0.15, 0.2) is 0 Å². The first-order valence-electron chi connectivity index (χ1n) is 4.50. The third-order valence-corrected chi connectivity index (χ3v) is 2.10. The van der Waals surface area contributed by atoms with Crippen molar-refractivity contribution in [1.82, 2.24) is 10.6 Å². The largest absolute Gasteiger partial charge is 0.313 e. The van der Waals surface area contributed by atoms with Crippen LogP contribution in [0.3, 0.4) is 0 Å². The number of nitrogens with one attached hydrogen (secondary N) is 2. The average Bonchev–Trinajstić information content (AvgIpc) is 2.03. The van der Waals surface area contributed by atoms with Crippen LogP contribution < -0.4 is 10.6 Å². The molecule has 0 spiro atoms. The van der Waals surface area contributed by atoms with Gasteiger partial charge in [0.1, 0.15) is 0 Å². The van der Waals surface area contributed by atoms with Gasteiger partial charge in [-0.1, -0.05) is 20.8 Å². The Kier molecular flexibility index (Phi) is 2.85. The Hall–Kier alpha value is -0.410. The summed E-state index contributed by atoms with van der Waals surface area (Å²) in [5.41, 5.74) is -0.226. The molecule has 1 heterocycles. The van der Waals surface area contributed by atoms with Crippen molar-refractivity contribution in [1.29, 1.82) is 0 Å². The molecule has 0 aliphatic carbocycles. The summed E-state index contributed by atoms with van der Waals surface area (Å²) < 4.78 is 0. The molecule has 2 N–H and O–H groups in total. The van der Waals surface area contributed by atoms with Gasteiger partial charge in [0.05, 0.1) is 6.04 Å². The molecule has 0 bridgehead atoms. The molecule has 1 aliphatic rings. The van der Waals surface area contributed by atoms with Gasteiger partial charge in [0.15, 0.2) is 5.78 Å². The number of Topliss-reactive ketones (excluding diaryl/α,β-unsaturated/α-hetero) is 1. The lowest BCUT2D eigenvalue weighted by Gasteiger charge is -2.28. The molecule has 0 amide bonds. The lowest BCUT2D eigenvalue weighted by Crippen LogP contribution is -2.54. The summed E-state index contributed by atoms with van der Waals surface area (Å²) in [6, 6.07) is 0.0127. The molecular formula is C9H18N2O. The van der Waals surface area contributed by atoms with E-state index in [0.29, 0.717) is 5.78 Å². The van der Waals surface area contributed by atoms with Crippen LogP contribution in [-0.4, -0.2) is 31.5 Å². The van der Waals surface area contributed by atoms with Crippen LogP contribution in [0.5, 0.6) is 0 Å². The Morgan fingerprint density at radius 3 is 2.42 bits per heavy atom. The first-order valence-corrected chi connectivity index (χ1v) is 4.50. The van der Waals surface area contributed by atoms with Crippen LogP contribution in [0.1, 0.15) is 20.8 Å². The van der Waals surface area contributed by atoms with E-state index in [2.05, 4.69) is 10.6 Å². The summed E-state index contributed by atoms with van der Waals surface area (Å²) in [6.45, 7) is 8.53. The Balaban J connectivity index is 2.51. The highest BCUT2D eigenvalue weighted by Crippen LogP contribution is 2.16. The third-order valence-electron chi connectivity index (χ3n) is 2.10. The number of carbonyl (C=O) groups excluding carboxylic acids is 1. The highest BCUT2D eigenvalue weighted by atomic mass is 16.1. The van der Waals surface area contributed by atoms with Gasteiger partial charge in [-0.05, 0) is 0 Å². The molecule has 70 valence electrons. The van der Waals surface area contributed by atoms with Crippen molar-refractivity contribution in [2.75, 3.05) is 19.6 Å². The highest BCUT2D eigenvalue weighted by molar-refractivity contribution is 5.89. The van der Waals surface area contributed by atoms with E-state index in [9.17, 15) is 4.79 Å². The van der Waals surface area contributed by atoms with Gasteiger partial charge in [-0.2, -0.15) is 0 Å². The van der Waals surface area contributed by atoms with Crippen molar-refractivity contribution in [2.24, 2.45) is 5.41 Å². The van der Waals surface area contributed by atoms with Gasteiger partial charge in [-0.25, -0.2) is 0 Å². The molecule has 0 aromatic rings. The van der Waals surface area contributed by atoms with E-state index >= 15 is 0 Å². The maximum atomic E-state index is 11.7. The minimum atomic E-state index is -0.226. The molecule has 0 radical (unpaired) electrons. The molecule has 3 nitrogen and oxygen atoms in total. The molecule has 1 atom stereocenters. The molecule has 0 aromatic heterocycles. The summed E-state index contributed by atoms with van der Waals surface area (Å²) in [6.07, 6.45) is 0. The van der Waals surface area contributed by atoms with Gasteiger partial charge >= 0.3 is 0 Å². The second kappa shape index (κ2) is 3.54. The predicted molar refractivity (Wildman–Crippen MR) is 49.1 cm³/mol. The Morgan fingerprint density at radius 1 is 1.33 bits per heavy atom. The van der Waals surface area contributed by atoms with Gasteiger partial charge in [0.2, 0.25) is 0 Å². The smallest absolute Gasteiger partial charge is 0.156 e. The SMILES string of the molecule is CC(C)(C)C(=O)C1CNCCN1. The number of ketones is 1. The quantitative estimate of drug-likeness (QED) is 0.589. The lowest BCUT2D eigenvalue weighted by molar-refractivity contribution is -0.128. The zero-order chi connectivity index (χ0) is 9.19. The summed E-state index contributed by atoms with van der Waals surface area (Å²) in [7, 11) is 0. The zero-order valence-electron chi connectivity index (χ0n) is 8.11. The fourth-order valence-corrected chi connectivity index (χ4v) is 1.36. The topological polar surface area (TPSA) is 41.1 Å². The van der Waals surface area contributed by atoms with E-state index in [1.807, 2.05) is 20.8 Å². The van der Waals surface area contributed by atoms with E-state index in [0.717, 1.165) is 19.6 Å². The van der Waals surface area contributed by atoms with E-state index < -0.39 is 0 Å². The predicted octanol–water partition coefficient (Wildman–Crippen LogP) is 0.163. The second-order valence-corrected chi connectivity index (χ2v) is 4.33. The van der Waals surface area contributed by atoms with Crippen molar-refractivity contribution in [3.05, 3.63) is 0 Å². The second-order valence-electron chi connectivity index (χ2n) is 4.33. The normalized spacial score (nSPS) is 25.4. The Labute approximate surface area is 73.9 Å². The van der Waals surface area contributed by atoms with Crippen molar-refractivity contribution >= 4 is 5.78 Å². The fraction of sp³-hybridized carbons (Fsp3) is 0.889. The third kappa shape index (κ3) is 2.29. The van der Waals surface area contributed by atoms with Crippen LogP contribution in [0.4, 0.5) is 0 Å². The number of rotatable bonds is 1. The van der Waals surface area contributed by atoms with Gasteiger partial charge in [-0.3, -0.25) is 4.79 Å². The molecule has 3 heteroatoms. The number of carbonyl (C=O) groups is 1. The number of piperazine rings is 1. The van der Waals surface area contributed by atoms with Crippen molar-refractivity contribution in [3.63, 3.8) is 0 Å². The van der Waals surface area contributed by atoms with Gasteiger partial charge in [0.25, 0.3) is 0 Å². The van der Waals surface area contributed by atoms with Gasteiger partial charge < -0.3 is 10.6 Å². The molecule has 1 unspecified atom stereocenters. The minimum absolute atomic E-state index is 0.0127. The van der Waals surface area contributed by atoms with Crippen LogP contribution in [0.25, 0.3) is 0 Å². The molecule has 1 aliphatic heterocycles. The van der Waals surface area contributed by atoms with E-state index in [-0.39, 0.29) is 11.5 Å². The molecule has 1 fully saturated rings. The maximum Gasteiger partial charge on any atom is 0.156 e. The minimum Gasteiger partial charge on any atom is -0.313 e. The van der Waals surface area contributed by atoms with Crippen LogP contribution in [0.2, 0.25) is 0 Å². The van der Waals surface area contributed by atoms with Gasteiger partial charge in [-0.15, -0.1) is 0 Å². The molecule has 1 rings (SSSR count). The summed E-state index contributed by atoms with van der Waals surface area (Å²) in [5, 5.41) is 6.42. The lowest BCUT2D eigenvalue weighted by atomic mass is 9.86. The summed E-state index contributed by atoms with van der Waals surface area (Å²) >= 11 is 0. The first-order chi connectivity index (χ1) is 5.52. The maximum absolute atomic E-state index is 11.7. The zero-order valence-corrected chi connectivity index (χ0v) is 8.11. The summed E-state index contributed by atoms with van der Waals surface area (Å²) in [5.74, 6) is 0.301. The highest BCUT2D eigenvalue weighted by Gasteiger charge is 2.29. The van der Waals surface area contributed by atoms with Crippen molar-refractivity contribution in [3.8, 4) is 0 Å². The van der Waals surface area contributed by atoms with E-state index in [1.54, 1.807) is 0 Å². The average molecular weight is 170 g/mol. The number of hydrogen-bond donors (Lipinski definition) is 2. The standard InChI is InChI=1S/C9H18N2O/c1-9(2,3)8(12)7-6-10-4-5-11-7/h7,10-11H,4-6H2,1-3H3. The fourth-order valence-electron chi connectivity index (χ4n) is 1.36. The van der Waals surface area contributed by atoms with E-state index in [1.165, 1.54) is 0 Å². The van der Waals surface area contributed by atoms with Crippen LogP contribution in [-0.2, 0) is 4.79 Å². The monoisotopic (exact) mass is 170 g/mol. The number of hydrogen-bond acceptors (Lipinski definition) is 3.